The topological polar surface area (TPSA) is 57.4 Å². The Balaban J connectivity index is 1.59. The first-order valence-electron chi connectivity index (χ1n) is 6.10. The van der Waals surface area contributed by atoms with E-state index in [9.17, 15) is 4.39 Å². The van der Waals surface area contributed by atoms with Crippen molar-refractivity contribution in [2.45, 2.75) is 18.9 Å². The molecule has 1 unspecified atom stereocenters. The van der Waals surface area contributed by atoms with Crippen molar-refractivity contribution in [2.75, 3.05) is 13.2 Å². The molecule has 0 saturated carbocycles. The van der Waals surface area contributed by atoms with Gasteiger partial charge in [-0.1, -0.05) is 5.16 Å². The van der Waals surface area contributed by atoms with E-state index in [1.54, 1.807) is 12.1 Å². The summed E-state index contributed by atoms with van der Waals surface area (Å²) in [4.78, 5) is 4.27. The van der Waals surface area contributed by atoms with E-state index in [-0.39, 0.29) is 18.3 Å². The number of rotatable bonds is 4. The molecule has 6 heteroatoms. The first-order chi connectivity index (χ1) is 9.31. The Morgan fingerprint density at radius 3 is 2.89 bits per heavy atom. The fourth-order valence-electron chi connectivity index (χ4n) is 1.91. The molecule has 1 aromatic carbocycles. The van der Waals surface area contributed by atoms with Gasteiger partial charge in [0, 0.05) is 12.5 Å². The number of nitrogens with zero attached hydrogens (tertiary/aromatic N) is 2. The molecule has 1 atom stereocenters. The van der Waals surface area contributed by atoms with Crippen molar-refractivity contribution < 1.29 is 18.4 Å². The van der Waals surface area contributed by atoms with Gasteiger partial charge in [0.05, 0.1) is 6.61 Å². The zero-order chi connectivity index (χ0) is 13.1. The van der Waals surface area contributed by atoms with Gasteiger partial charge in [-0.05, 0) is 30.7 Å². The molecule has 0 amide bonds. The Hall–Kier alpha value is -1.95. The summed E-state index contributed by atoms with van der Waals surface area (Å²) in [6.07, 6.45) is 0.914. The highest BCUT2D eigenvalue weighted by Gasteiger charge is 2.23. The summed E-state index contributed by atoms with van der Waals surface area (Å²) in [5, 5.41) is 3.92. The number of ether oxygens (including phenoxy) is 2. The van der Waals surface area contributed by atoms with E-state index < -0.39 is 0 Å². The largest absolute Gasteiger partial charge is 0.484 e. The third-order valence-corrected chi connectivity index (χ3v) is 2.95. The Morgan fingerprint density at radius 2 is 2.16 bits per heavy atom. The normalized spacial score (nSPS) is 18.7. The summed E-state index contributed by atoms with van der Waals surface area (Å²) in [5.74, 6) is 1.55. The maximum atomic E-state index is 12.7. The van der Waals surface area contributed by atoms with E-state index in [0.29, 0.717) is 24.1 Å². The van der Waals surface area contributed by atoms with Crippen LogP contribution in [0.2, 0.25) is 0 Å². The Morgan fingerprint density at radius 1 is 1.32 bits per heavy atom. The summed E-state index contributed by atoms with van der Waals surface area (Å²) < 4.78 is 28.5. The lowest BCUT2D eigenvalue weighted by Gasteiger charge is -2.02. The summed E-state index contributed by atoms with van der Waals surface area (Å²) >= 11 is 0. The summed E-state index contributed by atoms with van der Waals surface area (Å²) in [5.41, 5.74) is 0. The average Bonchev–Trinajstić information content (AvgIpc) is 3.09. The predicted octanol–water partition coefficient (Wildman–Crippen LogP) is 2.29. The lowest BCUT2D eigenvalue weighted by molar-refractivity contribution is 0.192. The standard InChI is InChI=1S/C13H13FN2O3/c14-10-1-3-11(4-2-10)18-8-12-15-13(16-19-12)9-5-6-17-7-9/h1-4,9H,5-8H2. The Kier molecular flexibility index (Phi) is 3.41. The minimum atomic E-state index is -0.298. The van der Waals surface area contributed by atoms with Gasteiger partial charge < -0.3 is 14.0 Å². The smallest absolute Gasteiger partial charge is 0.264 e. The van der Waals surface area contributed by atoms with Gasteiger partial charge in [-0.2, -0.15) is 4.98 Å². The number of hydrogen-bond acceptors (Lipinski definition) is 5. The molecule has 2 heterocycles. The van der Waals surface area contributed by atoms with Crippen molar-refractivity contribution in [3.63, 3.8) is 0 Å². The van der Waals surface area contributed by atoms with E-state index in [1.807, 2.05) is 0 Å². The van der Waals surface area contributed by atoms with Gasteiger partial charge in [0.1, 0.15) is 11.6 Å². The van der Waals surface area contributed by atoms with Crippen molar-refractivity contribution in [3.8, 4) is 5.75 Å². The summed E-state index contributed by atoms with van der Waals surface area (Å²) in [6, 6.07) is 5.78. The van der Waals surface area contributed by atoms with Crippen LogP contribution in [0.1, 0.15) is 24.1 Å². The molecule has 0 aliphatic carbocycles. The van der Waals surface area contributed by atoms with Crippen molar-refractivity contribution in [1.29, 1.82) is 0 Å². The Bertz CT molecular complexity index is 535. The van der Waals surface area contributed by atoms with Gasteiger partial charge in [-0.25, -0.2) is 4.39 Å². The molecule has 3 rings (SSSR count). The van der Waals surface area contributed by atoms with Crippen LogP contribution in [0.15, 0.2) is 28.8 Å². The minimum Gasteiger partial charge on any atom is -0.484 e. The number of halogens is 1. The van der Waals surface area contributed by atoms with E-state index in [4.69, 9.17) is 14.0 Å². The van der Waals surface area contributed by atoms with Crippen LogP contribution in [-0.2, 0) is 11.3 Å². The third-order valence-electron chi connectivity index (χ3n) is 2.95. The van der Waals surface area contributed by atoms with E-state index in [2.05, 4.69) is 10.1 Å². The van der Waals surface area contributed by atoms with Gasteiger partial charge in [0.25, 0.3) is 5.89 Å². The quantitative estimate of drug-likeness (QED) is 0.848. The SMILES string of the molecule is Fc1ccc(OCc2nc(C3CCOC3)no2)cc1. The van der Waals surface area contributed by atoms with Crippen molar-refractivity contribution in [3.05, 3.63) is 41.8 Å². The van der Waals surface area contributed by atoms with Crippen molar-refractivity contribution in [1.82, 2.24) is 10.1 Å². The zero-order valence-electron chi connectivity index (χ0n) is 10.2. The highest BCUT2D eigenvalue weighted by atomic mass is 19.1. The lowest BCUT2D eigenvalue weighted by Crippen LogP contribution is -2.01. The molecule has 1 aliphatic heterocycles. The molecule has 5 nitrogen and oxygen atoms in total. The highest BCUT2D eigenvalue weighted by Crippen LogP contribution is 2.22. The maximum absolute atomic E-state index is 12.7. The van der Waals surface area contributed by atoms with E-state index in [0.717, 1.165) is 13.0 Å². The molecule has 0 spiro atoms. The van der Waals surface area contributed by atoms with Crippen LogP contribution < -0.4 is 4.74 Å². The summed E-state index contributed by atoms with van der Waals surface area (Å²) in [7, 11) is 0. The van der Waals surface area contributed by atoms with Crippen LogP contribution in [0.25, 0.3) is 0 Å². The number of aromatic nitrogens is 2. The van der Waals surface area contributed by atoms with E-state index >= 15 is 0 Å². The zero-order valence-corrected chi connectivity index (χ0v) is 10.2. The average molecular weight is 264 g/mol. The Labute approximate surface area is 109 Å². The lowest BCUT2D eigenvalue weighted by atomic mass is 10.1. The number of hydrogen-bond donors (Lipinski definition) is 0. The monoisotopic (exact) mass is 264 g/mol. The van der Waals surface area contributed by atoms with Gasteiger partial charge in [0.15, 0.2) is 12.4 Å². The van der Waals surface area contributed by atoms with Crippen LogP contribution in [0, 0.1) is 5.82 Å². The molecule has 0 radical (unpaired) electrons. The predicted molar refractivity (Wildman–Crippen MR) is 63.2 cm³/mol. The number of benzene rings is 1. The fourth-order valence-corrected chi connectivity index (χ4v) is 1.91. The molecule has 1 fully saturated rings. The maximum Gasteiger partial charge on any atom is 0.264 e. The second kappa shape index (κ2) is 5.36. The van der Waals surface area contributed by atoms with Crippen LogP contribution in [-0.4, -0.2) is 23.4 Å². The fraction of sp³-hybridized carbons (Fsp3) is 0.385. The molecule has 0 N–H and O–H groups in total. The van der Waals surface area contributed by atoms with Crippen molar-refractivity contribution >= 4 is 0 Å². The van der Waals surface area contributed by atoms with Gasteiger partial charge in [-0.3, -0.25) is 0 Å². The third kappa shape index (κ3) is 2.90. The van der Waals surface area contributed by atoms with Crippen LogP contribution in [0.5, 0.6) is 5.75 Å². The molecule has 1 saturated heterocycles. The summed E-state index contributed by atoms with van der Waals surface area (Å²) in [6.45, 7) is 1.55. The molecule has 100 valence electrons. The molecule has 1 aromatic heterocycles. The molecular formula is C13H13FN2O3. The van der Waals surface area contributed by atoms with E-state index in [1.165, 1.54) is 12.1 Å². The molecular weight excluding hydrogens is 251 g/mol. The van der Waals surface area contributed by atoms with Gasteiger partial charge in [-0.15, -0.1) is 0 Å². The molecule has 2 aromatic rings. The second-order valence-electron chi connectivity index (χ2n) is 4.35. The minimum absolute atomic E-state index is 0.173. The van der Waals surface area contributed by atoms with Crippen LogP contribution in [0.3, 0.4) is 0 Å². The first-order valence-corrected chi connectivity index (χ1v) is 6.10. The first kappa shape index (κ1) is 12.1. The molecule has 19 heavy (non-hydrogen) atoms. The molecule has 1 aliphatic rings. The van der Waals surface area contributed by atoms with Gasteiger partial charge in [0.2, 0.25) is 0 Å². The van der Waals surface area contributed by atoms with Crippen LogP contribution >= 0.6 is 0 Å². The van der Waals surface area contributed by atoms with Crippen LogP contribution in [0.4, 0.5) is 4.39 Å². The van der Waals surface area contributed by atoms with Crippen molar-refractivity contribution in [2.24, 2.45) is 0 Å². The van der Waals surface area contributed by atoms with Gasteiger partial charge >= 0.3 is 0 Å². The highest BCUT2D eigenvalue weighted by molar-refractivity contribution is 5.22. The molecule has 0 bridgehead atoms. The second-order valence-corrected chi connectivity index (χ2v) is 4.35.